The smallest absolute Gasteiger partial charge is 0.0809 e. The van der Waals surface area contributed by atoms with Gasteiger partial charge in [0.15, 0.2) is 0 Å². The molecule has 0 atom stereocenters. The largest absolute Gasteiger partial charge is 0.389 e. The molecule has 2 heteroatoms. The van der Waals surface area contributed by atoms with Crippen LogP contribution in [0.1, 0.15) is 13.8 Å². The lowest BCUT2D eigenvalue weighted by atomic mass is 10.2. The molecule has 0 aliphatic carbocycles. The van der Waals surface area contributed by atoms with E-state index < -0.39 is 5.60 Å². The maximum absolute atomic E-state index is 8.64. The predicted molar refractivity (Wildman–Crippen MR) is 26.5 cm³/mol. The summed E-state index contributed by atoms with van der Waals surface area (Å²) < 4.78 is 0. The van der Waals surface area contributed by atoms with E-state index in [0.29, 0.717) is 0 Å². The van der Waals surface area contributed by atoms with E-state index in [4.69, 9.17) is 16.7 Å². The standard InChI is InChI=1S/C4H8ClO/c1-4(2,6)3-5/h3,6H,1-2H3. The van der Waals surface area contributed by atoms with E-state index in [1.165, 1.54) is 5.88 Å². The van der Waals surface area contributed by atoms with Gasteiger partial charge < -0.3 is 5.11 Å². The minimum atomic E-state index is -0.818. The van der Waals surface area contributed by atoms with Crippen molar-refractivity contribution in [2.24, 2.45) is 0 Å². The number of aliphatic hydroxyl groups is 1. The molecule has 0 spiro atoms. The topological polar surface area (TPSA) is 20.2 Å². The van der Waals surface area contributed by atoms with Gasteiger partial charge in [-0.25, -0.2) is 0 Å². The molecule has 0 heterocycles. The quantitative estimate of drug-likeness (QED) is 0.533. The minimum Gasteiger partial charge on any atom is -0.389 e. The molecule has 0 unspecified atom stereocenters. The first kappa shape index (κ1) is 6.25. The third kappa shape index (κ3) is 4.25. The zero-order valence-corrected chi connectivity index (χ0v) is 4.66. The Hall–Kier alpha value is 0.250. The Balaban J connectivity index is 3.17. The van der Waals surface area contributed by atoms with Crippen molar-refractivity contribution in [1.29, 1.82) is 0 Å². The van der Waals surface area contributed by atoms with Crippen LogP contribution < -0.4 is 0 Å². The molecular weight excluding hydrogens is 99.5 g/mol. The molecular formula is C4H8ClO. The Morgan fingerprint density at radius 2 is 1.83 bits per heavy atom. The van der Waals surface area contributed by atoms with Gasteiger partial charge in [-0.05, 0) is 13.8 Å². The summed E-state index contributed by atoms with van der Waals surface area (Å²) in [5, 5.41) is 8.64. The van der Waals surface area contributed by atoms with Crippen molar-refractivity contribution in [2.45, 2.75) is 19.4 Å². The molecule has 0 aliphatic heterocycles. The fourth-order valence-electron chi connectivity index (χ4n) is 0. The Kier molecular flexibility index (Phi) is 1.88. The number of hydrogen-bond acceptors (Lipinski definition) is 1. The molecule has 0 amide bonds. The number of hydrogen-bond donors (Lipinski definition) is 1. The Labute approximate surface area is 42.9 Å². The number of rotatable bonds is 1. The average Bonchev–Trinajstić information content (AvgIpc) is 1.35. The molecule has 1 N–H and O–H groups in total. The van der Waals surface area contributed by atoms with E-state index in [1.54, 1.807) is 13.8 Å². The summed E-state index contributed by atoms with van der Waals surface area (Å²) in [6, 6.07) is 0. The summed E-state index contributed by atoms with van der Waals surface area (Å²) in [7, 11) is 0. The molecule has 6 heavy (non-hydrogen) atoms. The predicted octanol–water partition coefficient (Wildman–Crippen LogP) is 1.16. The molecule has 0 aromatic rings. The lowest BCUT2D eigenvalue weighted by Gasteiger charge is -2.09. The maximum Gasteiger partial charge on any atom is 0.0809 e. The molecule has 0 fully saturated rings. The summed E-state index contributed by atoms with van der Waals surface area (Å²) in [6.07, 6.45) is 0. The fourth-order valence-corrected chi connectivity index (χ4v) is 0. The van der Waals surface area contributed by atoms with Crippen LogP contribution in [0.25, 0.3) is 0 Å². The first-order valence-corrected chi connectivity index (χ1v) is 2.17. The van der Waals surface area contributed by atoms with E-state index in [0.717, 1.165) is 0 Å². The second-order valence-electron chi connectivity index (χ2n) is 1.76. The van der Waals surface area contributed by atoms with Crippen LogP contribution in [-0.4, -0.2) is 10.7 Å². The van der Waals surface area contributed by atoms with Gasteiger partial charge >= 0.3 is 0 Å². The van der Waals surface area contributed by atoms with Gasteiger partial charge in [0.1, 0.15) is 0 Å². The van der Waals surface area contributed by atoms with Gasteiger partial charge in [-0.2, -0.15) is 0 Å². The summed E-state index contributed by atoms with van der Waals surface area (Å²) in [5.74, 6) is 1.22. The zero-order valence-electron chi connectivity index (χ0n) is 3.90. The Morgan fingerprint density at radius 1 is 1.67 bits per heavy atom. The molecule has 37 valence electrons. The lowest BCUT2D eigenvalue weighted by Crippen LogP contribution is -2.15. The summed E-state index contributed by atoms with van der Waals surface area (Å²) in [6.45, 7) is 3.22. The van der Waals surface area contributed by atoms with Crippen LogP contribution in [0.3, 0.4) is 0 Å². The summed E-state index contributed by atoms with van der Waals surface area (Å²) >= 11 is 5.10. The third-order valence-corrected chi connectivity index (χ3v) is 0.801. The van der Waals surface area contributed by atoms with Crippen LogP contribution in [-0.2, 0) is 0 Å². The van der Waals surface area contributed by atoms with Gasteiger partial charge in [0.25, 0.3) is 0 Å². The maximum atomic E-state index is 8.64. The van der Waals surface area contributed by atoms with Gasteiger partial charge in [0.05, 0.1) is 11.5 Å². The number of halogens is 1. The van der Waals surface area contributed by atoms with Gasteiger partial charge in [-0.1, -0.05) is 0 Å². The van der Waals surface area contributed by atoms with E-state index in [-0.39, 0.29) is 0 Å². The average molecular weight is 108 g/mol. The van der Waals surface area contributed by atoms with E-state index in [9.17, 15) is 0 Å². The van der Waals surface area contributed by atoms with Crippen molar-refractivity contribution in [3.05, 3.63) is 5.88 Å². The Morgan fingerprint density at radius 3 is 1.83 bits per heavy atom. The van der Waals surface area contributed by atoms with Crippen molar-refractivity contribution >= 4 is 11.6 Å². The molecule has 0 aromatic carbocycles. The van der Waals surface area contributed by atoms with Crippen molar-refractivity contribution in [3.8, 4) is 0 Å². The fraction of sp³-hybridized carbons (Fsp3) is 0.750. The van der Waals surface area contributed by atoms with Crippen LogP contribution in [0.2, 0.25) is 0 Å². The van der Waals surface area contributed by atoms with Crippen LogP contribution >= 0.6 is 11.6 Å². The van der Waals surface area contributed by atoms with Gasteiger partial charge in [0, 0.05) is 0 Å². The highest BCUT2D eigenvalue weighted by atomic mass is 35.5. The first-order chi connectivity index (χ1) is 2.56. The molecule has 0 aromatic heterocycles. The summed E-state index contributed by atoms with van der Waals surface area (Å²) in [4.78, 5) is 0. The highest BCUT2D eigenvalue weighted by Gasteiger charge is 2.08. The first-order valence-electron chi connectivity index (χ1n) is 1.73. The van der Waals surface area contributed by atoms with E-state index in [2.05, 4.69) is 0 Å². The van der Waals surface area contributed by atoms with Gasteiger partial charge in [0.2, 0.25) is 0 Å². The SMILES string of the molecule is CC(C)(O)[CH]Cl. The van der Waals surface area contributed by atoms with Crippen molar-refractivity contribution < 1.29 is 5.11 Å². The minimum absolute atomic E-state index is 0.818. The van der Waals surface area contributed by atoms with Gasteiger partial charge in [-0.15, -0.1) is 11.6 Å². The van der Waals surface area contributed by atoms with Crippen molar-refractivity contribution in [3.63, 3.8) is 0 Å². The van der Waals surface area contributed by atoms with Crippen molar-refractivity contribution in [1.82, 2.24) is 0 Å². The highest BCUT2D eigenvalue weighted by Crippen LogP contribution is 2.06. The lowest BCUT2D eigenvalue weighted by molar-refractivity contribution is 0.125. The zero-order chi connectivity index (χ0) is 5.21. The second-order valence-corrected chi connectivity index (χ2v) is 1.98. The molecule has 0 bridgehead atoms. The molecule has 0 saturated heterocycles. The molecule has 1 nitrogen and oxygen atoms in total. The summed E-state index contributed by atoms with van der Waals surface area (Å²) in [5.41, 5.74) is -0.818. The van der Waals surface area contributed by atoms with E-state index in [1.807, 2.05) is 0 Å². The van der Waals surface area contributed by atoms with Crippen molar-refractivity contribution in [2.75, 3.05) is 0 Å². The van der Waals surface area contributed by atoms with E-state index >= 15 is 0 Å². The molecule has 1 radical (unpaired) electrons. The monoisotopic (exact) mass is 107 g/mol. The second kappa shape index (κ2) is 1.80. The highest BCUT2D eigenvalue weighted by molar-refractivity contribution is 6.23. The Bertz CT molecular complexity index is 37.3. The van der Waals surface area contributed by atoms with Crippen LogP contribution in [0.4, 0.5) is 0 Å². The third-order valence-electron chi connectivity index (χ3n) is 0.267. The van der Waals surface area contributed by atoms with Crippen LogP contribution in [0.5, 0.6) is 0 Å². The molecule has 0 aliphatic rings. The molecule has 0 rings (SSSR count). The normalized spacial score (nSPS) is 12.0. The van der Waals surface area contributed by atoms with Crippen LogP contribution in [0.15, 0.2) is 0 Å². The van der Waals surface area contributed by atoms with Gasteiger partial charge in [-0.3, -0.25) is 0 Å². The van der Waals surface area contributed by atoms with Crippen LogP contribution in [0, 0.1) is 5.88 Å². The molecule has 0 saturated carbocycles.